The van der Waals surface area contributed by atoms with Crippen LogP contribution in [0, 0.1) is 0 Å². The van der Waals surface area contributed by atoms with E-state index in [0.29, 0.717) is 19.1 Å². The van der Waals surface area contributed by atoms with Gasteiger partial charge in [0.2, 0.25) is 0 Å². The lowest BCUT2D eigenvalue weighted by Gasteiger charge is -2.26. The van der Waals surface area contributed by atoms with E-state index in [1.807, 2.05) is 13.8 Å². The summed E-state index contributed by atoms with van der Waals surface area (Å²) in [5, 5.41) is 0. The zero-order valence-corrected chi connectivity index (χ0v) is 10.4. The Morgan fingerprint density at radius 3 is 2.00 bits per heavy atom. The molecule has 0 aromatic rings. The van der Waals surface area contributed by atoms with Crippen molar-refractivity contribution in [3.8, 4) is 0 Å². The van der Waals surface area contributed by atoms with Crippen molar-refractivity contribution in [1.29, 1.82) is 0 Å². The Morgan fingerprint density at radius 1 is 1.15 bits per heavy atom. The molecule has 0 radical (unpaired) electrons. The largest absolute Gasteiger partial charge is 0.500 e. The molecule has 0 aliphatic carbocycles. The second-order valence-corrected chi connectivity index (χ2v) is 5.78. The lowest BCUT2D eigenvalue weighted by Crippen LogP contribution is -2.44. The van der Waals surface area contributed by atoms with Crippen molar-refractivity contribution in [3.63, 3.8) is 0 Å². The van der Waals surface area contributed by atoms with Crippen LogP contribution >= 0.6 is 11.6 Å². The smallest absolute Gasteiger partial charge is 0.377 e. The molecule has 0 amide bonds. The Kier molecular flexibility index (Phi) is 7.99. The SMILES string of the molecule is CCO[Si](CCCCl)(OC)OCC. The van der Waals surface area contributed by atoms with Gasteiger partial charge in [-0.05, 0) is 20.3 Å². The average Bonchev–Trinajstić information content (AvgIpc) is 2.15. The summed E-state index contributed by atoms with van der Waals surface area (Å²) in [6, 6.07) is 0.800. The van der Waals surface area contributed by atoms with Crippen molar-refractivity contribution in [1.82, 2.24) is 0 Å². The fourth-order valence-corrected chi connectivity index (χ4v) is 3.79. The van der Waals surface area contributed by atoms with Crippen LogP contribution in [0.1, 0.15) is 20.3 Å². The maximum Gasteiger partial charge on any atom is 0.500 e. The van der Waals surface area contributed by atoms with Crippen LogP contribution in [0.3, 0.4) is 0 Å². The fraction of sp³-hybridized carbons (Fsp3) is 1.00. The lowest BCUT2D eigenvalue weighted by molar-refractivity contribution is 0.0865. The molecule has 3 nitrogen and oxygen atoms in total. The number of hydrogen-bond acceptors (Lipinski definition) is 3. The van der Waals surface area contributed by atoms with Crippen LogP contribution in [-0.4, -0.2) is 35.0 Å². The molecule has 0 spiro atoms. The molecule has 13 heavy (non-hydrogen) atoms. The maximum atomic E-state index is 5.62. The quantitative estimate of drug-likeness (QED) is 0.470. The van der Waals surface area contributed by atoms with E-state index in [2.05, 4.69) is 0 Å². The van der Waals surface area contributed by atoms with Crippen LogP contribution < -0.4 is 0 Å². The summed E-state index contributed by atoms with van der Waals surface area (Å²) in [5.74, 6) is 0.623. The van der Waals surface area contributed by atoms with Gasteiger partial charge in [-0.25, -0.2) is 0 Å². The molecule has 0 saturated carbocycles. The third kappa shape index (κ3) is 4.98. The van der Waals surface area contributed by atoms with Crippen LogP contribution in [0.4, 0.5) is 0 Å². The van der Waals surface area contributed by atoms with Gasteiger partial charge in [0.1, 0.15) is 0 Å². The van der Waals surface area contributed by atoms with Crippen molar-refractivity contribution < 1.29 is 13.3 Å². The van der Waals surface area contributed by atoms with Gasteiger partial charge < -0.3 is 13.3 Å². The number of hydrogen-bond donors (Lipinski definition) is 0. The third-order valence-corrected chi connectivity index (χ3v) is 4.97. The number of alkyl halides is 1. The summed E-state index contributed by atoms with van der Waals surface area (Å²) >= 11 is 5.62. The van der Waals surface area contributed by atoms with E-state index in [4.69, 9.17) is 24.9 Å². The molecule has 0 rings (SSSR count). The van der Waals surface area contributed by atoms with Crippen molar-refractivity contribution in [3.05, 3.63) is 0 Å². The Labute approximate surface area is 86.7 Å². The molecule has 0 fully saturated rings. The molecule has 0 aromatic heterocycles. The molecule has 0 atom stereocenters. The summed E-state index contributed by atoms with van der Waals surface area (Å²) in [4.78, 5) is 0. The minimum atomic E-state index is -2.37. The minimum absolute atomic E-state index is 0.623. The monoisotopic (exact) mass is 226 g/mol. The molecule has 0 N–H and O–H groups in total. The molecule has 0 bridgehead atoms. The Morgan fingerprint density at radius 2 is 1.69 bits per heavy atom. The summed E-state index contributed by atoms with van der Waals surface area (Å²) in [6.45, 7) is 5.14. The summed E-state index contributed by atoms with van der Waals surface area (Å²) in [6.07, 6.45) is 0.877. The van der Waals surface area contributed by atoms with Gasteiger partial charge in [0.15, 0.2) is 0 Å². The second-order valence-electron chi connectivity index (χ2n) is 2.55. The van der Waals surface area contributed by atoms with Crippen LogP contribution in [0.15, 0.2) is 0 Å². The first-order valence-corrected chi connectivity index (χ1v) is 7.10. The van der Waals surface area contributed by atoms with Crippen molar-refractivity contribution in [2.24, 2.45) is 0 Å². The summed E-state index contributed by atoms with van der Waals surface area (Å²) in [5.41, 5.74) is 0. The Balaban J connectivity index is 4.07. The van der Waals surface area contributed by atoms with E-state index in [0.717, 1.165) is 12.5 Å². The van der Waals surface area contributed by atoms with Crippen molar-refractivity contribution >= 4 is 20.4 Å². The van der Waals surface area contributed by atoms with Gasteiger partial charge in [0.25, 0.3) is 0 Å². The van der Waals surface area contributed by atoms with E-state index in [-0.39, 0.29) is 0 Å². The van der Waals surface area contributed by atoms with E-state index in [9.17, 15) is 0 Å². The van der Waals surface area contributed by atoms with Gasteiger partial charge in [-0.2, -0.15) is 0 Å². The Bertz CT molecular complexity index is 118. The van der Waals surface area contributed by atoms with Crippen LogP contribution in [0.2, 0.25) is 6.04 Å². The van der Waals surface area contributed by atoms with Crippen LogP contribution in [-0.2, 0) is 13.3 Å². The molecule has 0 heterocycles. The average molecular weight is 227 g/mol. The lowest BCUT2D eigenvalue weighted by atomic mass is 10.6. The first kappa shape index (κ1) is 13.4. The van der Waals surface area contributed by atoms with Gasteiger partial charge in [-0.3, -0.25) is 0 Å². The van der Waals surface area contributed by atoms with Crippen LogP contribution in [0.5, 0.6) is 0 Å². The van der Waals surface area contributed by atoms with Crippen LogP contribution in [0.25, 0.3) is 0 Å². The van der Waals surface area contributed by atoms with E-state index < -0.39 is 8.80 Å². The topological polar surface area (TPSA) is 27.7 Å². The normalized spacial score (nSPS) is 12.0. The molecular weight excluding hydrogens is 208 g/mol. The second kappa shape index (κ2) is 7.76. The number of rotatable bonds is 8. The predicted octanol–water partition coefficient (Wildman–Crippen LogP) is 2.27. The third-order valence-electron chi connectivity index (χ3n) is 1.66. The highest BCUT2D eigenvalue weighted by Crippen LogP contribution is 2.17. The zero-order chi connectivity index (χ0) is 10.2. The van der Waals surface area contributed by atoms with E-state index >= 15 is 0 Å². The standard InChI is InChI=1S/C8H19ClO3Si/c1-4-11-13(10-3,12-5-2)8-6-7-9/h4-8H2,1-3H3. The predicted molar refractivity (Wildman–Crippen MR) is 56.2 cm³/mol. The highest BCUT2D eigenvalue weighted by molar-refractivity contribution is 6.60. The van der Waals surface area contributed by atoms with E-state index in [1.54, 1.807) is 7.11 Å². The number of halogens is 1. The molecule has 80 valence electrons. The maximum absolute atomic E-state index is 5.62. The van der Waals surface area contributed by atoms with Gasteiger partial charge in [0.05, 0.1) is 0 Å². The molecule has 0 unspecified atom stereocenters. The molecule has 0 aliphatic rings. The van der Waals surface area contributed by atoms with Gasteiger partial charge in [-0.15, -0.1) is 11.6 Å². The van der Waals surface area contributed by atoms with E-state index in [1.165, 1.54) is 0 Å². The zero-order valence-electron chi connectivity index (χ0n) is 8.64. The van der Waals surface area contributed by atoms with Gasteiger partial charge in [0, 0.05) is 32.2 Å². The molecule has 0 aromatic carbocycles. The molecular formula is C8H19ClO3Si. The molecule has 0 saturated heterocycles. The van der Waals surface area contributed by atoms with Crippen molar-refractivity contribution in [2.75, 3.05) is 26.2 Å². The first-order chi connectivity index (χ1) is 6.24. The molecule has 0 aliphatic heterocycles. The Hall–Kier alpha value is 0.387. The summed E-state index contributed by atoms with van der Waals surface area (Å²) in [7, 11) is -0.730. The summed E-state index contributed by atoms with van der Waals surface area (Å²) < 4.78 is 16.5. The first-order valence-electron chi connectivity index (χ1n) is 4.63. The van der Waals surface area contributed by atoms with Gasteiger partial charge in [-0.1, -0.05) is 0 Å². The fourth-order valence-electron chi connectivity index (χ4n) is 1.13. The minimum Gasteiger partial charge on any atom is -0.377 e. The highest BCUT2D eigenvalue weighted by atomic mass is 35.5. The van der Waals surface area contributed by atoms with Gasteiger partial charge >= 0.3 is 8.80 Å². The van der Waals surface area contributed by atoms with Crippen molar-refractivity contribution in [2.45, 2.75) is 26.3 Å². The highest BCUT2D eigenvalue weighted by Gasteiger charge is 2.38. The molecule has 5 heteroatoms.